The summed E-state index contributed by atoms with van der Waals surface area (Å²) in [6.45, 7) is 8.56. The summed E-state index contributed by atoms with van der Waals surface area (Å²) < 4.78 is 6.45. The summed E-state index contributed by atoms with van der Waals surface area (Å²) >= 11 is 0. The van der Waals surface area contributed by atoms with E-state index < -0.39 is 0 Å². The zero-order valence-corrected chi connectivity index (χ0v) is 25.3. The van der Waals surface area contributed by atoms with Crippen LogP contribution in [0.2, 0.25) is 0 Å². The molecule has 0 aliphatic rings. The van der Waals surface area contributed by atoms with E-state index in [1.165, 1.54) is 5.39 Å². The van der Waals surface area contributed by atoms with Gasteiger partial charge >= 0.3 is 0 Å². The van der Waals surface area contributed by atoms with Gasteiger partial charge in [-0.3, -0.25) is 0 Å². The van der Waals surface area contributed by atoms with Gasteiger partial charge in [0.05, 0.1) is 5.56 Å². The molecule has 7 aromatic carbocycles. The van der Waals surface area contributed by atoms with Crippen LogP contribution < -0.4 is 5.46 Å². The van der Waals surface area contributed by atoms with Crippen molar-refractivity contribution in [1.82, 2.24) is 0 Å². The maximum absolute atomic E-state index is 10.6. The van der Waals surface area contributed by atoms with Gasteiger partial charge in [-0.15, -0.1) is 0 Å². The van der Waals surface area contributed by atoms with Crippen molar-refractivity contribution in [3.8, 4) is 44.9 Å². The summed E-state index contributed by atoms with van der Waals surface area (Å²) in [5, 5.41) is 27.9. The number of aromatic hydroxyl groups is 2. The first kappa shape index (κ1) is 27.5. The molecule has 4 heteroatoms. The monoisotopic (exact) mass is 592 g/mol. The minimum Gasteiger partial charge on any atom is -0.507 e. The Bertz CT molecular complexity index is 2510. The van der Waals surface area contributed by atoms with Crippen LogP contribution in [0.15, 0.2) is 133 Å². The normalized spacial score (nSPS) is 11.5. The highest BCUT2D eigenvalue weighted by atomic mass is 16.3. The van der Waals surface area contributed by atoms with Crippen LogP contribution in [0.25, 0.3) is 89.0 Å². The number of benzene rings is 7. The van der Waals surface area contributed by atoms with Gasteiger partial charge in [-0.1, -0.05) is 116 Å². The molecule has 0 saturated carbocycles. The lowest BCUT2D eigenvalue weighted by atomic mass is 9.82. The van der Waals surface area contributed by atoms with Gasteiger partial charge in [-0.2, -0.15) is 0 Å². The van der Waals surface area contributed by atoms with Gasteiger partial charge in [0.1, 0.15) is 30.5 Å². The third-order valence-corrected chi connectivity index (χ3v) is 9.04. The van der Waals surface area contributed by atoms with Crippen molar-refractivity contribution in [3.05, 3.63) is 140 Å². The van der Waals surface area contributed by atoms with E-state index >= 15 is 0 Å². The molecule has 0 spiro atoms. The van der Waals surface area contributed by atoms with Crippen LogP contribution in [0.4, 0.5) is 0 Å². The van der Waals surface area contributed by atoms with Gasteiger partial charge in [0, 0.05) is 10.8 Å². The van der Waals surface area contributed by atoms with Crippen LogP contribution in [-0.2, 0) is 0 Å². The highest BCUT2D eigenvalue weighted by molar-refractivity contribution is 6.32. The van der Waals surface area contributed by atoms with E-state index in [1.807, 2.05) is 56.4 Å². The number of phenols is 2. The van der Waals surface area contributed by atoms with Crippen LogP contribution in [0, 0.1) is 0 Å². The molecule has 0 saturated heterocycles. The Morgan fingerprint density at radius 1 is 0.543 bits per heavy atom. The molecule has 1 heterocycles. The Balaban J connectivity index is 1.40. The molecule has 0 aliphatic heterocycles. The SMILES string of the molecule is Bc1cc(O)c(-c2ccc(-c3c(C=C)c(C=C)c(-c4cccc5oc6cc7ccccc7cc6c45)c4ccccc34)cc2)c(O)c1. The minimum absolute atomic E-state index is 0.0507. The first-order chi connectivity index (χ1) is 22.5. The van der Waals surface area contributed by atoms with Crippen LogP contribution in [0.1, 0.15) is 11.1 Å². The third kappa shape index (κ3) is 4.15. The predicted octanol–water partition coefficient (Wildman–Crippen LogP) is 9.85. The lowest BCUT2D eigenvalue weighted by Crippen LogP contribution is -2.01. The molecule has 8 rings (SSSR count). The van der Waals surface area contributed by atoms with Gasteiger partial charge < -0.3 is 14.6 Å². The lowest BCUT2D eigenvalue weighted by Gasteiger charge is -2.21. The number of hydrogen-bond donors (Lipinski definition) is 2. The van der Waals surface area contributed by atoms with Crippen molar-refractivity contribution in [3.63, 3.8) is 0 Å². The Morgan fingerprint density at radius 3 is 1.76 bits per heavy atom. The number of rotatable bonds is 5. The molecule has 0 bridgehead atoms. The second kappa shape index (κ2) is 10.6. The van der Waals surface area contributed by atoms with E-state index in [2.05, 4.69) is 79.9 Å². The summed E-state index contributed by atoms with van der Waals surface area (Å²) in [4.78, 5) is 0. The summed E-state index contributed by atoms with van der Waals surface area (Å²) in [7, 11) is 1.84. The maximum atomic E-state index is 10.6. The molecule has 1 aromatic heterocycles. The molecule has 0 fully saturated rings. The molecular weight excluding hydrogens is 563 g/mol. The second-order valence-corrected chi connectivity index (χ2v) is 11.8. The summed E-state index contributed by atoms with van der Waals surface area (Å²) in [5.74, 6) is 0.101. The van der Waals surface area contributed by atoms with E-state index in [4.69, 9.17) is 4.42 Å². The van der Waals surface area contributed by atoms with Gasteiger partial charge in [-0.25, -0.2) is 0 Å². The number of furan rings is 1. The molecule has 0 amide bonds. The minimum atomic E-state index is 0.0507. The first-order valence-electron chi connectivity index (χ1n) is 15.3. The molecule has 0 unspecified atom stereocenters. The van der Waals surface area contributed by atoms with Gasteiger partial charge in [0.2, 0.25) is 0 Å². The summed E-state index contributed by atoms with van der Waals surface area (Å²) in [6.07, 6.45) is 3.84. The van der Waals surface area contributed by atoms with Crippen LogP contribution in [0.3, 0.4) is 0 Å². The Hall–Kier alpha value is -6.00. The highest BCUT2D eigenvalue weighted by Gasteiger charge is 2.22. The standard InChI is InChI=1S/C42H29BO3/c1-3-29-30(4-2)41(33-14-9-15-37-42(33)34-20-26-10-5-6-11-27(26)21-38(34)46-37)32-13-8-7-12-31(32)39(29)24-16-18-25(19-17-24)40-35(44)22-28(43)23-36(40)45/h3-23,44-45H,1-2,43H2. The van der Waals surface area contributed by atoms with Crippen molar-refractivity contribution in [2.24, 2.45) is 0 Å². The lowest BCUT2D eigenvalue weighted by molar-refractivity contribution is 0.455. The highest BCUT2D eigenvalue weighted by Crippen LogP contribution is 2.47. The molecule has 0 aliphatic carbocycles. The van der Waals surface area contributed by atoms with E-state index in [0.29, 0.717) is 5.56 Å². The molecule has 3 nitrogen and oxygen atoms in total. The van der Waals surface area contributed by atoms with Gasteiger partial charge in [0.25, 0.3) is 0 Å². The molecule has 8 aromatic rings. The third-order valence-electron chi connectivity index (χ3n) is 9.04. The first-order valence-corrected chi connectivity index (χ1v) is 15.3. The van der Waals surface area contributed by atoms with Crippen molar-refractivity contribution < 1.29 is 14.6 Å². The fraction of sp³-hybridized carbons (Fsp3) is 0. The number of fused-ring (bicyclic) bond motifs is 5. The fourth-order valence-corrected chi connectivity index (χ4v) is 7.07. The van der Waals surface area contributed by atoms with Crippen molar-refractivity contribution in [2.45, 2.75) is 0 Å². The zero-order chi connectivity index (χ0) is 31.5. The maximum Gasteiger partial charge on any atom is 0.139 e. The second-order valence-electron chi connectivity index (χ2n) is 11.8. The fourth-order valence-electron chi connectivity index (χ4n) is 7.07. The van der Waals surface area contributed by atoms with E-state index in [-0.39, 0.29) is 11.5 Å². The predicted molar refractivity (Wildman–Crippen MR) is 197 cm³/mol. The number of hydrogen-bond acceptors (Lipinski definition) is 3. The average Bonchev–Trinajstić information content (AvgIpc) is 3.43. The Labute approximate surface area is 267 Å². The topological polar surface area (TPSA) is 53.6 Å². The molecule has 0 radical (unpaired) electrons. The van der Waals surface area contributed by atoms with E-state index in [0.717, 1.165) is 82.5 Å². The zero-order valence-electron chi connectivity index (χ0n) is 25.3. The molecule has 46 heavy (non-hydrogen) atoms. The molecular formula is C42H29BO3. The van der Waals surface area contributed by atoms with Gasteiger partial charge in [-0.05, 0) is 90.8 Å². The smallest absolute Gasteiger partial charge is 0.139 e. The summed E-state index contributed by atoms with van der Waals surface area (Å²) in [6, 6.07) is 38.7. The van der Waals surface area contributed by atoms with Crippen LogP contribution >= 0.6 is 0 Å². The quantitative estimate of drug-likeness (QED) is 0.196. The molecule has 2 N–H and O–H groups in total. The van der Waals surface area contributed by atoms with Crippen LogP contribution in [-0.4, -0.2) is 18.1 Å². The van der Waals surface area contributed by atoms with E-state index in [9.17, 15) is 10.2 Å². The molecule has 0 atom stereocenters. The average molecular weight is 593 g/mol. The van der Waals surface area contributed by atoms with Crippen molar-refractivity contribution >= 4 is 68.9 Å². The van der Waals surface area contributed by atoms with Crippen LogP contribution in [0.5, 0.6) is 11.5 Å². The Kier molecular flexibility index (Phi) is 6.33. The Morgan fingerprint density at radius 2 is 1.11 bits per heavy atom. The van der Waals surface area contributed by atoms with Crippen molar-refractivity contribution in [1.29, 1.82) is 0 Å². The van der Waals surface area contributed by atoms with Crippen molar-refractivity contribution in [2.75, 3.05) is 0 Å². The van der Waals surface area contributed by atoms with E-state index in [1.54, 1.807) is 12.1 Å². The largest absolute Gasteiger partial charge is 0.507 e. The summed E-state index contributed by atoms with van der Waals surface area (Å²) in [5.41, 5.74) is 9.80. The number of phenolic OH excluding ortho intramolecular Hbond substituents is 2. The van der Waals surface area contributed by atoms with Gasteiger partial charge in [0.15, 0.2) is 0 Å². The molecule has 218 valence electrons.